The molecular weight excluding hydrogens is 330 g/mol. The van der Waals surface area contributed by atoms with Crippen molar-refractivity contribution >= 4 is 29.4 Å². The van der Waals surface area contributed by atoms with Gasteiger partial charge in [0.05, 0.1) is 19.4 Å². The second kappa shape index (κ2) is 7.75. The number of imide groups is 2. The average molecular weight is 349 g/mol. The molecule has 0 aromatic heterocycles. The van der Waals surface area contributed by atoms with Crippen LogP contribution in [0, 0.1) is 0 Å². The van der Waals surface area contributed by atoms with Gasteiger partial charge < -0.3 is 14.8 Å². The number of carbonyl (C=O) groups is 4. The van der Waals surface area contributed by atoms with E-state index in [1.54, 1.807) is 19.1 Å². The lowest BCUT2D eigenvalue weighted by Crippen LogP contribution is -2.45. The molecule has 1 aromatic rings. The Morgan fingerprint density at radius 3 is 2.32 bits per heavy atom. The monoisotopic (exact) mass is 349 g/mol. The van der Waals surface area contributed by atoms with Crippen molar-refractivity contribution in [3.8, 4) is 5.75 Å². The molecule has 134 valence electrons. The highest BCUT2D eigenvalue weighted by atomic mass is 16.5. The van der Waals surface area contributed by atoms with Crippen LogP contribution in [0.25, 0.3) is 0 Å². The molecule has 25 heavy (non-hydrogen) atoms. The van der Waals surface area contributed by atoms with Crippen LogP contribution in [0.2, 0.25) is 0 Å². The summed E-state index contributed by atoms with van der Waals surface area (Å²) in [5.41, 5.74) is 0.222. The number of anilines is 1. The van der Waals surface area contributed by atoms with Crippen LogP contribution in [0.3, 0.4) is 0 Å². The third-order valence-electron chi connectivity index (χ3n) is 3.51. The van der Waals surface area contributed by atoms with Crippen molar-refractivity contribution in [1.29, 1.82) is 0 Å². The highest BCUT2D eigenvalue weighted by molar-refractivity contribution is 6.53. The quantitative estimate of drug-likeness (QED) is 0.555. The van der Waals surface area contributed by atoms with E-state index in [9.17, 15) is 19.2 Å². The lowest BCUT2D eigenvalue weighted by atomic mass is 10.3. The maximum Gasteiger partial charge on any atom is 0.339 e. The van der Waals surface area contributed by atoms with Gasteiger partial charge in [-0.2, -0.15) is 0 Å². The van der Waals surface area contributed by atoms with E-state index in [0.29, 0.717) is 10.6 Å². The molecular formula is C16H19N3O6. The van der Waals surface area contributed by atoms with Gasteiger partial charge in [0.2, 0.25) is 5.91 Å². The predicted octanol–water partition coefficient (Wildman–Crippen LogP) is 0.142. The van der Waals surface area contributed by atoms with Gasteiger partial charge in [0.15, 0.2) is 0 Å². The molecule has 1 atom stereocenters. The molecule has 0 bridgehead atoms. The Morgan fingerprint density at radius 2 is 1.76 bits per heavy atom. The molecule has 9 nitrogen and oxygen atoms in total. The van der Waals surface area contributed by atoms with Crippen molar-refractivity contribution in [2.45, 2.75) is 13.0 Å². The van der Waals surface area contributed by atoms with Crippen molar-refractivity contribution in [1.82, 2.24) is 10.2 Å². The summed E-state index contributed by atoms with van der Waals surface area (Å²) in [4.78, 5) is 49.9. The van der Waals surface area contributed by atoms with Gasteiger partial charge in [-0.15, -0.1) is 0 Å². The number of benzene rings is 1. The standard InChI is InChI=1S/C16H19N3O6/c1-10(9-24-2)17-13(20)8-18-14(21)15(22)19(16(18)23)11-4-6-12(25-3)7-5-11/h4-7,10H,8-9H2,1-3H3,(H,17,20)/t10-/m1/s1. The van der Waals surface area contributed by atoms with Crippen LogP contribution in [0.15, 0.2) is 24.3 Å². The molecule has 2 rings (SSSR count). The van der Waals surface area contributed by atoms with Crippen LogP contribution in [-0.2, 0) is 19.1 Å². The molecule has 1 aliphatic heterocycles. The maximum atomic E-state index is 12.4. The zero-order valence-corrected chi connectivity index (χ0v) is 14.1. The van der Waals surface area contributed by atoms with Gasteiger partial charge in [0, 0.05) is 13.2 Å². The summed E-state index contributed by atoms with van der Waals surface area (Å²) in [5, 5.41) is 2.58. The summed E-state index contributed by atoms with van der Waals surface area (Å²) in [5.74, 6) is -2.07. The van der Waals surface area contributed by atoms with E-state index < -0.39 is 30.3 Å². The van der Waals surface area contributed by atoms with Gasteiger partial charge in [-0.25, -0.2) is 14.6 Å². The fourth-order valence-electron chi connectivity index (χ4n) is 2.36. The number of ether oxygens (including phenoxy) is 2. The first-order valence-electron chi connectivity index (χ1n) is 7.51. The average Bonchev–Trinajstić information content (AvgIpc) is 2.79. The Hall–Kier alpha value is -2.94. The lowest BCUT2D eigenvalue weighted by molar-refractivity contribution is -0.140. The maximum absolute atomic E-state index is 12.4. The number of carbonyl (C=O) groups excluding carboxylic acids is 4. The van der Waals surface area contributed by atoms with Crippen LogP contribution < -0.4 is 15.0 Å². The Bertz CT molecular complexity index is 688. The fraction of sp³-hybridized carbons (Fsp3) is 0.375. The first-order valence-corrected chi connectivity index (χ1v) is 7.51. The number of hydrogen-bond donors (Lipinski definition) is 1. The van der Waals surface area contributed by atoms with Crippen molar-refractivity contribution in [2.75, 3.05) is 32.3 Å². The smallest absolute Gasteiger partial charge is 0.339 e. The first-order chi connectivity index (χ1) is 11.9. The number of methoxy groups -OCH3 is 2. The van der Waals surface area contributed by atoms with Gasteiger partial charge in [0.25, 0.3) is 0 Å². The molecule has 1 fully saturated rings. The van der Waals surface area contributed by atoms with E-state index in [4.69, 9.17) is 9.47 Å². The molecule has 5 amide bonds. The third-order valence-corrected chi connectivity index (χ3v) is 3.51. The van der Waals surface area contributed by atoms with Crippen molar-refractivity contribution in [2.24, 2.45) is 0 Å². The Balaban J connectivity index is 2.11. The van der Waals surface area contributed by atoms with Crippen LogP contribution >= 0.6 is 0 Å². The lowest BCUT2D eigenvalue weighted by Gasteiger charge is -2.17. The first kappa shape index (κ1) is 18.4. The topological polar surface area (TPSA) is 105 Å². The second-order valence-corrected chi connectivity index (χ2v) is 5.44. The van der Waals surface area contributed by atoms with E-state index in [0.717, 1.165) is 4.90 Å². The number of hydrogen-bond acceptors (Lipinski definition) is 6. The minimum Gasteiger partial charge on any atom is -0.497 e. The Labute approximate surface area is 144 Å². The molecule has 0 unspecified atom stereocenters. The summed E-state index contributed by atoms with van der Waals surface area (Å²) < 4.78 is 9.90. The van der Waals surface area contributed by atoms with Crippen molar-refractivity contribution in [3.05, 3.63) is 24.3 Å². The fourth-order valence-corrected chi connectivity index (χ4v) is 2.36. The summed E-state index contributed by atoms with van der Waals surface area (Å²) in [6.07, 6.45) is 0. The number of nitrogens with zero attached hydrogens (tertiary/aromatic N) is 2. The highest BCUT2D eigenvalue weighted by Crippen LogP contribution is 2.24. The van der Waals surface area contributed by atoms with Crippen LogP contribution in [0.1, 0.15) is 6.92 Å². The van der Waals surface area contributed by atoms with Gasteiger partial charge >= 0.3 is 17.8 Å². The molecule has 1 saturated heterocycles. The predicted molar refractivity (Wildman–Crippen MR) is 87.1 cm³/mol. The largest absolute Gasteiger partial charge is 0.497 e. The summed E-state index contributed by atoms with van der Waals surface area (Å²) in [7, 11) is 2.97. The van der Waals surface area contributed by atoms with Gasteiger partial charge in [0.1, 0.15) is 12.3 Å². The second-order valence-electron chi connectivity index (χ2n) is 5.44. The van der Waals surface area contributed by atoms with Crippen LogP contribution in [-0.4, -0.2) is 62.1 Å². The summed E-state index contributed by atoms with van der Waals surface area (Å²) >= 11 is 0. The third kappa shape index (κ3) is 3.94. The minimum atomic E-state index is -1.05. The van der Waals surface area contributed by atoms with Crippen molar-refractivity contribution < 1.29 is 28.7 Å². The zero-order chi connectivity index (χ0) is 18.6. The number of rotatable bonds is 7. The molecule has 1 N–H and O–H groups in total. The van der Waals surface area contributed by atoms with E-state index in [1.165, 1.54) is 26.4 Å². The molecule has 1 aromatic carbocycles. The van der Waals surface area contributed by atoms with E-state index in [-0.39, 0.29) is 18.3 Å². The normalized spacial score (nSPS) is 15.6. The Morgan fingerprint density at radius 1 is 1.12 bits per heavy atom. The van der Waals surface area contributed by atoms with Gasteiger partial charge in [-0.1, -0.05) is 0 Å². The SMILES string of the molecule is COC[C@@H](C)NC(=O)CN1C(=O)C(=O)N(c2ccc(OC)cc2)C1=O. The molecule has 9 heteroatoms. The number of amides is 5. The van der Waals surface area contributed by atoms with E-state index in [2.05, 4.69) is 5.32 Å². The highest BCUT2D eigenvalue weighted by Gasteiger charge is 2.46. The molecule has 0 aliphatic carbocycles. The molecule has 0 radical (unpaired) electrons. The zero-order valence-electron chi connectivity index (χ0n) is 14.1. The molecule has 0 saturated carbocycles. The van der Waals surface area contributed by atoms with Gasteiger partial charge in [-0.3, -0.25) is 14.4 Å². The summed E-state index contributed by atoms with van der Waals surface area (Å²) in [6.45, 7) is 1.46. The molecule has 1 heterocycles. The van der Waals surface area contributed by atoms with E-state index in [1.807, 2.05) is 0 Å². The van der Waals surface area contributed by atoms with Gasteiger partial charge in [-0.05, 0) is 31.2 Å². The summed E-state index contributed by atoms with van der Waals surface area (Å²) in [6, 6.07) is 4.91. The minimum absolute atomic E-state index is 0.222. The van der Waals surface area contributed by atoms with Crippen molar-refractivity contribution in [3.63, 3.8) is 0 Å². The number of urea groups is 1. The Kier molecular flexibility index (Phi) is 5.71. The number of nitrogens with one attached hydrogen (secondary N) is 1. The van der Waals surface area contributed by atoms with Crippen LogP contribution in [0.5, 0.6) is 5.75 Å². The van der Waals surface area contributed by atoms with E-state index >= 15 is 0 Å². The molecule has 1 aliphatic rings. The molecule has 0 spiro atoms. The van der Waals surface area contributed by atoms with Crippen LogP contribution in [0.4, 0.5) is 10.5 Å².